The molecule has 0 fully saturated rings. The lowest BCUT2D eigenvalue weighted by atomic mass is 10.1. The summed E-state index contributed by atoms with van der Waals surface area (Å²) in [5.74, 6) is -0.219. The first-order valence-electron chi connectivity index (χ1n) is 6.94. The lowest BCUT2D eigenvalue weighted by Gasteiger charge is -2.05. The minimum Gasteiger partial charge on any atom is -0.456 e. The monoisotopic (exact) mass is 239 g/mol. The van der Waals surface area contributed by atoms with Crippen LogP contribution in [0.1, 0.15) is 58.3 Å². The topological polar surface area (TPSA) is 38.3 Å². The van der Waals surface area contributed by atoms with Crippen molar-refractivity contribution in [1.29, 1.82) is 0 Å². The predicted molar refractivity (Wildman–Crippen MR) is 69.7 cm³/mol. The summed E-state index contributed by atoms with van der Waals surface area (Å²) in [7, 11) is 0. The van der Waals surface area contributed by atoms with Gasteiger partial charge in [-0.2, -0.15) is 0 Å². The van der Waals surface area contributed by atoms with Crippen LogP contribution in [0.25, 0.3) is 0 Å². The molecule has 1 rings (SSSR count). The number of hydrogen-bond acceptors (Lipinski definition) is 3. The third kappa shape index (κ3) is 7.03. The third-order valence-corrected chi connectivity index (χ3v) is 3.04. The lowest BCUT2D eigenvalue weighted by molar-refractivity contribution is -0.134. The molecule has 0 unspecified atom stereocenters. The van der Waals surface area contributed by atoms with Gasteiger partial charge in [0.25, 0.3) is 0 Å². The van der Waals surface area contributed by atoms with E-state index >= 15 is 0 Å². The van der Waals surface area contributed by atoms with E-state index < -0.39 is 0 Å². The van der Waals surface area contributed by atoms with Gasteiger partial charge in [0, 0.05) is 12.6 Å². The Balaban J connectivity index is 1.82. The molecule has 3 heteroatoms. The Morgan fingerprint density at radius 1 is 1.12 bits per heavy atom. The zero-order chi connectivity index (χ0) is 12.3. The Labute approximate surface area is 105 Å². The van der Waals surface area contributed by atoms with E-state index in [4.69, 9.17) is 4.74 Å². The van der Waals surface area contributed by atoms with Crippen molar-refractivity contribution in [3.63, 3.8) is 0 Å². The highest BCUT2D eigenvalue weighted by atomic mass is 16.5. The zero-order valence-corrected chi connectivity index (χ0v) is 11.0. The Kier molecular flexibility index (Phi) is 7.52. The van der Waals surface area contributed by atoms with Crippen LogP contribution in [0.2, 0.25) is 0 Å². The van der Waals surface area contributed by atoms with Gasteiger partial charge in [-0.1, -0.05) is 51.9 Å². The maximum absolute atomic E-state index is 10.8. The Hall–Kier alpha value is -0.990. The quantitative estimate of drug-likeness (QED) is 0.470. The molecule has 1 N–H and O–H groups in total. The van der Waals surface area contributed by atoms with Gasteiger partial charge in [-0.25, -0.2) is 4.79 Å². The zero-order valence-electron chi connectivity index (χ0n) is 11.0. The molecule has 0 aromatic heterocycles. The molecule has 0 atom stereocenters. The molecule has 3 nitrogen and oxygen atoms in total. The fraction of sp³-hybridized carbons (Fsp3) is 0.786. The highest BCUT2D eigenvalue weighted by Crippen LogP contribution is 2.08. The molecule has 1 aliphatic rings. The molecule has 0 aromatic rings. The molecule has 0 aromatic carbocycles. The van der Waals surface area contributed by atoms with Gasteiger partial charge in [-0.3, -0.25) is 0 Å². The molecule has 0 spiro atoms. The molecule has 0 saturated heterocycles. The van der Waals surface area contributed by atoms with Gasteiger partial charge in [0.05, 0.1) is 5.70 Å². The highest BCUT2D eigenvalue weighted by molar-refractivity contribution is 5.85. The van der Waals surface area contributed by atoms with E-state index in [0.29, 0.717) is 6.61 Å². The van der Waals surface area contributed by atoms with Crippen LogP contribution < -0.4 is 5.32 Å². The van der Waals surface area contributed by atoms with Crippen molar-refractivity contribution in [2.45, 2.75) is 58.3 Å². The first-order chi connectivity index (χ1) is 8.33. The second-order valence-electron chi connectivity index (χ2n) is 4.68. The van der Waals surface area contributed by atoms with Crippen LogP contribution in [-0.2, 0) is 9.53 Å². The Morgan fingerprint density at radius 3 is 2.35 bits per heavy atom. The molecule has 1 heterocycles. The van der Waals surface area contributed by atoms with E-state index in [-0.39, 0.29) is 5.97 Å². The number of unbranched alkanes of at least 4 members (excludes halogenated alkanes) is 7. The minimum atomic E-state index is -0.219. The summed E-state index contributed by atoms with van der Waals surface area (Å²) in [5.41, 5.74) is 0.929. The van der Waals surface area contributed by atoms with Crippen LogP contribution >= 0.6 is 0 Å². The van der Waals surface area contributed by atoms with Crippen molar-refractivity contribution in [3.8, 4) is 0 Å². The van der Waals surface area contributed by atoms with E-state index in [1.807, 2.05) is 0 Å². The summed E-state index contributed by atoms with van der Waals surface area (Å²) in [5, 5.41) is 3.24. The fourth-order valence-electron chi connectivity index (χ4n) is 1.98. The average Bonchev–Trinajstić information content (AvgIpc) is 2.73. The number of carbonyl (C=O) groups excluding carboxylic acids is 1. The van der Waals surface area contributed by atoms with Crippen molar-refractivity contribution in [1.82, 2.24) is 5.32 Å². The van der Waals surface area contributed by atoms with Crippen molar-refractivity contribution in [2.24, 2.45) is 0 Å². The standard InChI is InChI=1S/C14H25NO2/c1-2-3-4-5-6-7-8-9-10-15-13-11-14(16)17-12-13/h11,15H,2-10,12H2,1H3. The Morgan fingerprint density at radius 2 is 1.76 bits per heavy atom. The van der Waals surface area contributed by atoms with E-state index in [1.165, 1.54) is 51.4 Å². The summed E-state index contributed by atoms with van der Waals surface area (Å²) in [6.07, 6.45) is 12.2. The predicted octanol–water partition coefficient (Wildman–Crippen LogP) is 3.16. The lowest BCUT2D eigenvalue weighted by Crippen LogP contribution is -2.15. The second kappa shape index (κ2) is 9.08. The second-order valence-corrected chi connectivity index (χ2v) is 4.68. The molecule has 0 aliphatic carbocycles. The summed E-state index contributed by atoms with van der Waals surface area (Å²) in [4.78, 5) is 10.8. The first kappa shape index (κ1) is 14.1. The van der Waals surface area contributed by atoms with Crippen LogP contribution in [0, 0.1) is 0 Å². The highest BCUT2D eigenvalue weighted by Gasteiger charge is 2.11. The van der Waals surface area contributed by atoms with Gasteiger partial charge in [-0.05, 0) is 6.42 Å². The van der Waals surface area contributed by atoms with Crippen molar-refractivity contribution in [3.05, 3.63) is 11.8 Å². The normalized spacial score (nSPS) is 14.6. The van der Waals surface area contributed by atoms with E-state index in [2.05, 4.69) is 12.2 Å². The SMILES string of the molecule is CCCCCCCCCCNC1=CC(=O)OC1. The number of ether oxygens (including phenoxy) is 1. The number of esters is 1. The van der Waals surface area contributed by atoms with Gasteiger partial charge < -0.3 is 10.1 Å². The van der Waals surface area contributed by atoms with E-state index in [1.54, 1.807) is 6.08 Å². The van der Waals surface area contributed by atoms with Gasteiger partial charge in [0.2, 0.25) is 0 Å². The number of hydrogen-bond donors (Lipinski definition) is 1. The van der Waals surface area contributed by atoms with Crippen molar-refractivity contribution in [2.75, 3.05) is 13.2 Å². The van der Waals surface area contributed by atoms with Gasteiger partial charge >= 0.3 is 5.97 Å². The summed E-state index contributed by atoms with van der Waals surface area (Å²) < 4.78 is 4.80. The van der Waals surface area contributed by atoms with Gasteiger partial charge in [0.15, 0.2) is 0 Å². The average molecular weight is 239 g/mol. The van der Waals surface area contributed by atoms with Crippen LogP contribution in [0.3, 0.4) is 0 Å². The largest absolute Gasteiger partial charge is 0.456 e. The smallest absolute Gasteiger partial charge is 0.333 e. The molecule has 17 heavy (non-hydrogen) atoms. The molecule has 1 aliphatic heterocycles. The molecule has 0 radical (unpaired) electrons. The summed E-state index contributed by atoms with van der Waals surface area (Å²) in [6.45, 7) is 3.63. The van der Waals surface area contributed by atoms with Gasteiger partial charge in [-0.15, -0.1) is 0 Å². The summed E-state index contributed by atoms with van der Waals surface area (Å²) in [6, 6.07) is 0. The number of cyclic esters (lactones) is 1. The first-order valence-corrected chi connectivity index (χ1v) is 6.94. The molecule has 0 amide bonds. The Bertz CT molecular complexity index is 249. The molecule has 98 valence electrons. The maximum atomic E-state index is 10.8. The van der Waals surface area contributed by atoms with E-state index in [0.717, 1.165) is 12.2 Å². The van der Waals surface area contributed by atoms with Crippen LogP contribution in [0.15, 0.2) is 11.8 Å². The number of carbonyl (C=O) groups is 1. The molecular weight excluding hydrogens is 214 g/mol. The molecular formula is C14H25NO2. The van der Waals surface area contributed by atoms with Crippen LogP contribution in [-0.4, -0.2) is 19.1 Å². The van der Waals surface area contributed by atoms with Crippen LogP contribution in [0.5, 0.6) is 0 Å². The summed E-state index contributed by atoms with van der Waals surface area (Å²) >= 11 is 0. The van der Waals surface area contributed by atoms with Crippen molar-refractivity contribution >= 4 is 5.97 Å². The molecule has 0 saturated carbocycles. The molecule has 0 bridgehead atoms. The number of nitrogens with one attached hydrogen (secondary N) is 1. The number of rotatable bonds is 10. The third-order valence-electron chi connectivity index (χ3n) is 3.04. The van der Waals surface area contributed by atoms with E-state index in [9.17, 15) is 4.79 Å². The van der Waals surface area contributed by atoms with Gasteiger partial charge in [0.1, 0.15) is 6.61 Å². The van der Waals surface area contributed by atoms with Crippen molar-refractivity contribution < 1.29 is 9.53 Å². The maximum Gasteiger partial charge on any atom is 0.333 e. The fourth-order valence-corrected chi connectivity index (χ4v) is 1.98. The van der Waals surface area contributed by atoms with Crippen LogP contribution in [0.4, 0.5) is 0 Å². The minimum absolute atomic E-state index is 0.219.